The monoisotopic (exact) mass is 328 g/mol. The third-order valence-corrected chi connectivity index (χ3v) is 4.06. The molecule has 5 nitrogen and oxygen atoms in total. The van der Waals surface area contributed by atoms with Gasteiger partial charge < -0.3 is 16.7 Å². The predicted octanol–water partition coefficient (Wildman–Crippen LogP) is 0.295. The molecular formula is C17H25N2NaO3. The van der Waals surface area contributed by atoms with E-state index < -0.39 is 5.97 Å². The molecule has 1 aliphatic heterocycles. The Kier molecular flexibility index (Phi) is 9.29. The fraction of sp³-hybridized carbons (Fsp3) is 0.529. The van der Waals surface area contributed by atoms with Crippen molar-refractivity contribution in [3.63, 3.8) is 0 Å². The number of nitrogens with zero attached hydrogens (tertiary/aromatic N) is 1. The molecule has 1 saturated heterocycles. The van der Waals surface area contributed by atoms with Gasteiger partial charge in [0.15, 0.2) is 0 Å². The Morgan fingerprint density at radius 3 is 2.52 bits per heavy atom. The molecule has 1 aromatic carbocycles. The van der Waals surface area contributed by atoms with Gasteiger partial charge in [0.2, 0.25) is 0 Å². The smallest absolute Gasteiger partial charge is 1.00 e. The van der Waals surface area contributed by atoms with Crippen molar-refractivity contribution in [1.82, 2.24) is 10.2 Å². The standard InChI is InChI=1S/C17H24N2O3.Na.H/c20-16(21)11-7-2-1-3-8-12-19-15(13-18-17(19)22)14-9-5-4-6-10-14;;/h4-6,9-10,15H,1-3,7-8,11-13H2,(H,18,22)(H,20,21);;/q;+1;-1. The molecule has 1 aromatic rings. The van der Waals surface area contributed by atoms with Crippen LogP contribution in [0, 0.1) is 0 Å². The van der Waals surface area contributed by atoms with E-state index in [1.54, 1.807) is 0 Å². The number of urea groups is 1. The first-order valence-corrected chi connectivity index (χ1v) is 7.99. The summed E-state index contributed by atoms with van der Waals surface area (Å²) in [6, 6.07) is 10.2. The van der Waals surface area contributed by atoms with Crippen molar-refractivity contribution < 1.29 is 45.7 Å². The van der Waals surface area contributed by atoms with Gasteiger partial charge in [-0.2, -0.15) is 0 Å². The van der Waals surface area contributed by atoms with Crippen LogP contribution in [0.2, 0.25) is 0 Å². The summed E-state index contributed by atoms with van der Waals surface area (Å²) >= 11 is 0. The van der Waals surface area contributed by atoms with Crippen LogP contribution in [0.5, 0.6) is 0 Å². The van der Waals surface area contributed by atoms with Gasteiger partial charge in [-0.1, -0.05) is 49.6 Å². The minimum absolute atomic E-state index is 0. The van der Waals surface area contributed by atoms with E-state index in [4.69, 9.17) is 5.11 Å². The number of unbranched alkanes of at least 4 members (excludes halogenated alkanes) is 4. The second-order valence-corrected chi connectivity index (χ2v) is 5.72. The summed E-state index contributed by atoms with van der Waals surface area (Å²) in [6.45, 7) is 1.42. The molecule has 23 heavy (non-hydrogen) atoms. The van der Waals surface area contributed by atoms with E-state index in [0.717, 1.165) is 38.6 Å². The van der Waals surface area contributed by atoms with Crippen LogP contribution in [0.4, 0.5) is 4.79 Å². The first-order valence-electron chi connectivity index (χ1n) is 7.99. The van der Waals surface area contributed by atoms with Crippen LogP contribution in [-0.2, 0) is 4.79 Å². The molecule has 1 fully saturated rings. The van der Waals surface area contributed by atoms with E-state index in [9.17, 15) is 9.59 Å². The Morgan fingerprint density at radius 1 is 1.17 bits per heavy atom. The van der Waals surface area contributed by atoms with Gasteiger partial charge >= 0.3 is 41.6 Å². The molecule has 0 bridgehead atoms. The maximum Gasteiger partial charge on any atom is 1.00 e. The average Bonchev–Trinajstić information content (AvgIpc) is 2.88. The number of aliphatic carboxylic acids is 1. The van der Waals surface area contributed by atoms with E-state index >= 15 is 0 Å². The second kappa shape index (κ2) is 10.7. The predicted molar refractivity (Wildman–Crippen MR) is 85.7 cm³/mol. The van der Waals surface area contributed by atoms with Crippen molar-refractivity contribution in [1.29, 1.82) is 0 Å². The molecule has 0 spiro atoms. The number of hydrogen-bond donors (Lipinski definition) is 2. The zero-order valence-electron chi connectivity index (χ0n) is 14.8. The SMILES string of the molecule is O=C(O)CCCCCCCN1C(=O)NCC1c1ccccc1.[H-].[Na+]. The second-order valence-electron chi connectivity index (χ2n) is 5.72. The number of rotatable bonds is 9. The van der Waals surface area contributed by atoms with Crippen molar-refractivity contribution in [2.45, 2.75) is 44.6 Å². The van der Waals surface area contributed by atoms with Crippen molar-refractivity contribution >= 4 is 12.0 Å². The molecule has 1 heterocycles. The fourth-order valence-corrected chi connectivity index (χ4v) is 2.86. The number of carboxylic acids is 1. The molecule has 0 aromatic heterocycles. The molecular weight excluding hydrogens is 303 g/mol. The van der Waals surface area contributed by atoms with E-state index in [1.807, 2.05) is 23.1 Å². The Morgan fingerprint density at radius 2 is 1.83 bits per heavy atom. The van der Waals surface area contributed by atoms with Crippen LogP contribution in [0.3, 0.4) is 0 Å². The molecule has 2 N–H and O–H groups in total. The normalized spacial score (nSPS) is 16.8. The van der Waals surface area contributed by atoms with E-state index in [0.29, 0.717) is 6.54 Å². The number of carbonyl (C=O) groups is 2. The number of nitrogens with one attached hydrogen (secondary N) is 1. The van der Waals surface area contributed by atoms with Crippen LogP contribution in [0.25, 0.3) is 0 Å². The summed E-state index contributed by atoms with van der Waals surface area (Å²) < 4.78 is 0. The molecule has 6 heteroatoms. The van der Waals surface area contributed by atoms with Crippen LogP contribution in [0.1, 0.15) is 51.6 Å². The van der Waals surface area contributed by atoms with Crippen LogP contribution in [0.15, 0.2) is 30.3 Å². The zero-order valence-corrected chi connectivity index (χ0v) is 15.8. The van der Waals surface area contributed by atoms with E-state index in [1.165, 1.54) is 5.56 Å². The maximum atomic E-state index is 11.9. The van der Waals surface area contributed by atoms with Crippen LogP contribution >= 0.6 is 0 Å². The number of benzene rings is 1. The van der Waals surface area contributed by atoms with Gasteiger partial charge in [0, 0.05) is 19.5 Å². The van der Waals surface area contributed by atoms with Crippen molar-refractivity contribution in [2.24, 2.45) is 0 Å². The number of hydrogen-bond acceptors (Lipinski definition) is 2. The van der Waals surface area contributed by atoms with Gasteiger partial charge in [0.25, 0.3) is 0 Å². The van der Waals surface area contributed by atoms with E-state index in [-0.39, 0.29) is 49.5 Å². The Bertz CT molecular complexity index is 502. The molecule has 1 unspecified atom stereocenters. The van der Waals surface area contributed by atoms with Gasteiger partial charge in [0.05, 0.1) is 6.04 Å². The van der Waals surface area contributed by atoms with Gasteiger partial charge in [-0.15, -0.1) is 0 Å². The van der Waals surface area contributed by atoms with Crippen molar-refractivity contribution in [3.05, 3.63) is 35.9 Å². The topological polar surface area (TPSA) is 69.6 Å². The first-order chi connectivity index (χ1) is 10.7. The molecule has 122 valence electrons. The van der Waals surface area contributed by atoms with Crippen LogP contribution < -0.4 is 34.9 Å². The fourth-order valence-electron chi connectivity index (χ4n) is 2.86. The molecule has 1 aliphatic rings. The average molecular weight is 328 g/mol. The number of carbonyl (C=O) groups excluding carboxylic acids is 1. The van der Waals surface area contributed by atoms with Crippen molar-refractivity contribution in [2.75, 3.05) is 13.1 Å². The Labute approximate surface area is 161 Å². The van der Waals surface area contributed by atoms with Crippen molar-refractivity contribution in [3.8, 4) is 0 Å². The summed E-state index contributed by atoms with van der Waals surface area (Å²) in [7, 11) is 0. The summed E-state index contributed by atoms with van der Waals surface area (Å²) in [4.78, 5) is 24.3. The number of amides is 2. The zero-order chi connectivity index (χ0) is 15.8. The summed E-state index contributed by atoms with van der Waals surface area (Å²) in [5.74, 6) is -0.723. The minimum Gasteiger partial charge on any atom is -1.00 e. The summed E-state index contributed by atoms with van der Waals surface area (Å²) in [5, 5.41) is 11.5. The van der Waals surface area contributed by atoms with Gasteiger partial charge in [-0.05, 0) is 18.4 Å². The third kappa shape index (κ3) is 6.53. The molecule has 0 saturated carbocycles. The van der Waals surface area contributed by atoms with Gasteiger partial charge in [-0.25, -0.2) is 4.79 Å². The van der Waals surface area contributed by atoms with Crippen LogP contribution in [-0.4, -0.2) is 35.1 Å². The Balaban J connectivity index is 0.00000264. The molecule has 2 rings (SSSR count). The largest absolute Gasteiger partial charge is 1.00 e. The number of carboxylic acid groups (broad SMARTS) is 1. The van der Waals surface area contributed by atoms with Gasteiger partial charge in [0.1, 0.15) is 0 Å². The summed E-state index contributed by atoms with van der Waals surface area (Å²) in [6.07, 6.45) is 4.96. The molecule has 0 aliphatic carbocycles. The minimum atomic E-state index is -0.723. The molecule has 2 amide bonds. The summed E-state index contributed by atoms with van der Waals surface area (Å²) in [5.41, 5.74) is 1.17. The maximum absolute atomic E-state index is 11.9. The molecule has 0 radical (unpaired) electrons. The van der Waals surface area contributed by atoms with E-state index in [2.05, 4.69) is 17.4 Å². The third-order valence-electron chi connectivity index (χ3n) is 4.06. The Hall–Kier alpha value is -1.04. The first kappa shape index (κ1) is 20.0. The quantitative estimate of drug-likeness (QED) is 0.506. The molecule has 1 atom stereocenters. The van der Waals surface area contributed by atoms with Gasteiger partial charge in [-0.3, -0.25) is 4.79 Å².